The molecule has 1 aromatic carbocycles. The van der Waals surface area contributed by atoms with Crippen molar-refractivity contribution in [2.24, 2.45) is 0 Å². The number of aromatic nitrogens is 3. The Kier molecular flexibility index (Phi) is 8.29. The molecule has 4 heterocycles. The maximum atomic E-state index is 12.7. The van der Waals surface area contributed by atoms with Gasteiger partial charge in [0.25, 0.3) is 6.47 Å². The van der Waals surface area contributed by atoms with Crippen molar-refractivity contribution in [1.29, 1.82) is 0 Å². The van der Waals surface area contributed by atoms with Crippen molar-refractivity contribution in [3.63, 3.8) is 0 Å². The molecule has 1 unspecified atom stereocenters. The van der Waals surface area contributed by atoms with Crippen LogP contribution in [0.1, 0.15) is 22.9 Å². The van der Waals surface area contributed by atoms with Gasteiger partial charge in [0.2, 0.25) is 0 Å². The van der Waals surface area contributed by atoms with Crippen LogP contribution in [0.15, 0.2) is 61.1 Å². The number of hydrogen-bond acceptors (Lipinski definition) is 6. The molecule has 1 fully saturated rings. The molecular weight excluding hydrogens is 448 g/mol. The minimum absolute atomic E-state index is 0.0428. The highest BCUT2D eigenvalue weighted by molar-refractivity contribution is 5.74. The van der Waals surface area contributed by atoms with Gasteiger partial charge in [-0.1, -0.05) is 30.3 Å². The normalized spacial score (nSPS) is 17.1. The average Bonchev–Trinajstić information content (AvgIpc) is 3.32. The van der Waals surface area contributed by atoms with Gasteiger partial charge in [-0.2, -0.15) is 5.10 Å². The molecule has 2 aromatic heterocycles. The molecule has 184 valence electrons. The molecule has 5 rings (SSSR count). The van der Waals surface area contributed by atoms with E-state index in [2.05, 4.69) is 33.5 Å². The first-order chi connectivity index (χ1) is 17.2. The minimum Gasteiger partial charge on any atom is -0.483 e. The summed E-state index contributed by atoms with van der Waals surface area (Å²) in [6, 6.07) is 14.3. The van der Waals surface area contributed by atoms with Gasteiger partial charge in [-0.15, -0.1) is 0 Å². The average molecular weight is 479 g/mol. The second kappa shape index (κ2) is 12.0. The molecule has 10 heteroatoms. The van der Waals surface area contributed by atoms with Gasteiger partial charge in [-0.3, -0.25) is 14.5 Å². The van der Waals surface area contributed by atoms with Crippen LogP contribution in [0.5, 0.6) is 0 Å². The maximum absolute atomic E-state index is 12.7. The van der Waals surface area contributed by atoms with Gasteiger partial charge in [0.15, 0.2) is 0 Å². The molecule has 3 aromatic rings. The van der Waals surface area contributed by atoms with Gasteiger partial charge in [-0.05, 0) is 29.7 Å². The number of benzene rings is 1. The molecule has 0 spiro atoms. The van der Waals surface area contributed by atoms with E-state index < -0.39 is 0 Å². The molecule has 2 aliphatic rings. The van der Waals surface area contributed by atoms with Crippen LogP contribution in [-0.2, 0) is 22.5 Å². The topological polar surface area (TPSA) is 113 Å². The van der Waals surface area contributed by atoms with Crippen molar-refractivity contribution in [1.82, 2.24) is 25.0 Å². The van der Waals surface area contributed by atoms with Gasteiger partial charge in [-0.25, -0.2) is 4.79 Å². The molecular formula is C25H30N6O4. The quantitative estimate of drug-likeness (QED) is 0.541. The van der Waals surface area contributed by atoms with Crippen molar-refractivity contribution in [2.75, 3.05) is 44.2 Å². The summed E-state index contributed by atoms with van der Waals surface area (Å²) in [6.07, 6.45) is 6.35. The minimum atomic E-state index is -0.250. The van der Waals surface area contributed by atoms with Gasteiger partial charge in [0.05, 0.1) is 25.4 Å². The van der Waals surface area contributed by atoms with Crippen molar-refractivity contribution >= 4 is 18.2 Å². The van der Waals surface area contributed by atoms with Gasteiger partial charge in [0, 0.05) is 50.5 Å². The zero-order valence-electron chi connectivity index (χ0n) is 19.5. The molecule has 0 aliphatic carbocycles. The predicted octanol–water partition coefficient (Wildman–Crippen LogP) is 2.17. The van der Waals surface area contributed by atoms with E-state index in [0.29, 0.717) is 26.2 Å². The molecule has 35 heavy (non-hydrogen) atoms. The SMILES string of the molecule is O=C(NCC1OCCc2cn(Cc3ccccc3)nc21)N1CCN(c2ccncc2)CC1.O=CO. The monoisotopic (exact) mass is 478 g/mol. The van der Waals surface area contributed by atoms with Crippen LogP contribution in [0.4, 0.5) is 10.5 Å². The number of rotatable bonds is 5. The number of carboxylic acid groups (broad SMARTS) is 1. The lowest BCUT2D eigenvalue weighted by molar-refractivity contribution is -0.122. The van der Waals surface area contributed by atoms with Crippen molar-refractivity contribution in [3.8, 4) is 0 Å². The number of amides is 2. The van der Waals surface area contributed by atoms with Crippen LogP contribution in [-0.4, -0.2) is 76.6 Å². The fourth-order valence-corrected chi connectivity index (χ4v) is 4.35. The first-order valence-corrected chi connectivity index (χ1v) is 11.6. The highest BCUT2D eigenvalue weighted by Crippen LogP contribution is 2.25. The number of hydrogen-bond donors (Lipinski definition) is 2. The third kappa shape index (κ3) is 6.36. The van der Waals surface area contributed by atoms with E-state index in [-0.39, 0.29) is 18.6 Å². The Bertz CT molecular complexity index is 1080. The van der Waals surface area contributed by atoms with E-state index in [9.17, 15) is 4.79 Å². The third-order valence-electron chi connectivity index (χ3n) is 6.09. The van der Waals surface area contributed by atoms with Crippen LogP contribution in [0.2, 0.25) is 0 Å². The number of piperazine rings is 1. The van der Waals surface area contributed by atoms with Crippen LogP contribution >= 0.6 is 0 Å². The lowest BCUT2D eigenvalue weighted by Crippen LogP contribution is -2.52. The van der Waals surface area contributed by atoms with E-state index >= 15 is 0 Å². The molecule has 2 aliphatic heterocycles. The molecule has 2 amide bonds. The summed E-state index contributed by atoms with van der Waals surface area (Å²) < 4.78 is 7.93. The zero-order valence-corrected chi connectivity index (χ0v) is 19.5. The molecule has 1 atom stereocenters. The summed E-state index contributed by atoms with van der Waals surface area (Å²) in [5.41, 5.74) is 4.51. The zero-order chi connectivity index (χ0) is 24.5. The summed E-state index contributed by atoms with van der Waals surface area (Å²) >= 11 is 0. The molecule has 0 radical (unpaired) electrons. The Labute approximate surface area is 204 Å². The number of carbonyl (C=O) groups is 2. The van der Waals surface area contributed by atoms with Crippen molar-refractivity contribution in [2.45, 2.75) is 19.1 Å². The second-order valence-electron chi connectivity index (χ2n) is 8.30. The highest BCUT2D eigenvalue weighted by Gasteiger charge is 2.27. The van der Waals surface area contributed by atoms with E-state index in [1.807, 2.05) is 39.9 Å². The van der Waals surface area contributed by atoms with Crippen molar-refractivity contribution in [3.05, 3.63) is 77.9 Å². The standard InChI is InChI=1S/C24H28N6O2.CH2O2/c31-24(29-13-11-28(12-14-29)21-6-9-25-10-7-21)26-16-22-23-20(8-15-32-22)18-30(27-23)17-19-4-2-1-3-5-19;2-1-3/h1-7,9-10,18,22H,8,11-17H2,(H,26,31);1H,(H,2,3). The smallest absolute Gasteiger partial charge is 0.317 e. The van der Waals surface area contributed by atoms with Gasteiger partial charge >= 0.3 is 6.03 Å². The second-order valence-corrected chi connectivity index (χ2v) is 8.30. The number of anilines is 1. The number of nitrogens with zero attached hydrogens (tertiary/aromatic N) is 5. The predicted molar refractivity (Wildman–Crippen MR) is 130 cm³/mol. The Hall–Kier alpha value is -3.92. The lowest BCUT2D eigenvalue weighted by atomic mass is 10.1. The fourth-order valence-electron chi connectivity index (χ4n) is 4.35. The van der Waals surface area contributed by atoms with Crippen LogP contribution < -0.4 is 10.2 Å². The number of ether oxygens (including phenoxy) is 1. The van der Waals surface area contributed by atoms with Crippen LogP contribution in [0.3, 0.4) is 0 Å². The molecule has 2 N–H and O–H groups in total. The summed E-state index contributed by atoms with van der Waals surface area (Å²) in [6.45, 7) is 4.56. The van der Waals surface area contributed by atoms with E-state index in [1.54, 1.807) is 12.4 Å². The van der Waals surface area contributed by atoms with E-state index in [1.165, 1.54) is 11.1 Å². The third-order valence-corrected chi connectivity index (χ3v) is 6.09. The Morgan fingerprint density at radius 3 is 2.54 bits per heavy atom. The lowest BCUT2D eigenvalue weighted by Gasteiger charge is -2.36. The number of urea groups is 1. The number of pyridine rings is 1. The molecule has 0 saturated carbocycles. The summed E-state index contributed by atoms with van der Waals surface area (Å²) in [5.74, 6) is 0. The number of carbonyl (C=O) groups excluding carboxylic acids is 1. The maximum Gasteiger partial charge on any atom is 0.317 e. The van der Waals surface area contributed by atoms with Gasteiger partial charge in [0.1, 0.15) is 6.10 Å². The largest absolute Gasteiger partial charge is 0.483 e. The number of fused-ring (bicyclic) bond motifs is 1. The fraction of sp³-hybridized carbons (Fsp3) is 0.360. The molecule has 1 saturated heterocycles. The van der Waals surface area contributed by atoms with Crippen molar-refractivity contribution < 1.29 is 19.4 Å². The Balaban J connectivity index is 0.000000917. The molecule has 0 bridgehead atoms. The first-order valence-electron chi connectivity index (χ1n) is 11.6. The van der Waals surface area contributed by atoms with Crippen LogP contribution in [0, 0.1) is 0 Å². The van der Waals surface area contributed by atoms with E-state index in [4.69, 9.17) is 19.7 Å². The van der Waals surface area contributed by atoms with E-state index in [0.717, 1.165) is 37.4 Å². The number of nitrogens with one attached hydrogen (secondary N) is 1. The highest BCUT2D eigenvalue weighted by atomic mass is 16.5. The Morgan fingerprint density at radius 1 is 1.11 bits per heavy atom. The van der Waals surface area contributed by atoms with Crippen LogP contribution in [0.25, 0.3) is 0 Å². The first kappa shape index (κ1) is 24.2. The summed E-state index contributed by atoms with van der Waals surface area (Å²) in [7, 11) is 0. The summed E-state index contributed by atoms with van der Waals surface area (Å²) in [4.78, 5) is 29.3. The Morgan fingerprint density at radius 2 is 1.83 bits per heavy atom. The summed E-state index contributed by atoms with van der Waals surface area (Å²) in [5, 5.41) is 14.7. The van der Waals surface area contributed by atoms with Gasteiger partial charge < -0.3 is 25.0 Å². The molecule has 10 nitrogen and oxygen atoms in total.